The molecule has 0 aliphatic carbocycles. The smallest absolute Gasteiger partial charge is 0.255 e. The van der Waals surface area contributed by atoms with Crippen molar-refractivity contribution in [2.45, 2.75) is 40.2 Å². The van der Waals surface area contributed by atoms with Crippen LogP contribution in [0.25, 0.3) is 0 Å². The van der Waals surface area contributed by atoms with E-state index in [9.17, 15) is 4.79 Å². The molecule has 0 spiro atoms. The zero-order valence-corrected chi connectivity index (χ0v) is 11.3. The number of oxime groups is 1. The lowest BCUT2D eigenvalue weighted by atomic mass is 10.0. The Morgan fingerprint density at radius 3 is 2.28 bits per heavy atom. The van der Waals surface area contributed by atoms with Crippen molar-refractivity contribution < 1.29 is 14.4 Å². The lowest BCUT2D eigenvalue weighted by Gasteiger charge is -2.24. The van der Waals surface area contributed by atoms with Crippen molar-refractivity contribution in [1.82, 2.24) is 5.32 Å². The highest BCUT2D eigenvalue weighted by Gasteiger charge is 2.28. The van der Waals surface area contributed by atoms with E-state index in [1.54, 1.807) is 27.7 Å². The molecule has 6 heteroatoms. The number of hydrogen-bond donors (Lipinski definition) is 3. The molecular formula is C12H19N3O3. The Kier molecular flexibility index (Phi) is 3.69. The number of nitrogens with two attached hydrogens (primary N) is 1. The monoisotopic (exact) mass is 253 g/mol. The fraction of sp³-hybridized carbons (Fsp3) is 0.500. The third kappa shape index (κ3) is 2.47. The Morgan fingerprint density at radius 1 is 1.33 bits per heavy atom. The molecule has 0 aliphatic heterocycles. The Hall–Kier alpha value is -1.98. The standard InChI is InChI=1S/C12H19N3O3/c1-6-7(2)18-8(3)9(6)10(16)14-12(4,5)11(13)15-17/h17H,1-5H3,(H2,13,15)(H,14,16). The number of nitrogens with zero attached hydrogens (tertiary/aromatic N) is 1. The molecule has 1 heterocycles. The van der Waals surface area contributed by atoms with Gasteiger partial charge in [0.05, 0.1) is 11.1 Å². The fourth-order valence-electron chi connectivity index (χ4n) is 1.66. The van der Waals surface area contributed by atoms with Crippen LogP contribution < -0.4 is 11.1 Å². The van der Waals surface area contributed by atoms with Crippen LogP contribution in [-0.2, 0) is 0 Å². The molecule has 0 fully saturated rings. The van der Waals surface area contributed by atoms with Gasteiger partial charge in [0.2, 0.25) is 0 Å². The maximum atomic E-state index is 12.2. The van der Waals surface area contributed by atoms with Crippen molar-refractivity contribution >= 4 is 11.7 Å². The number of carbonyl (C=O) groups excluding carboxylic acids is 1. The number of hydrogen-bond acceptors (Lipinski definition) is 4. The summed E-state index contributed by atoms with van der Waals surface area (Å²) in [5, 5.41) is 14.3. The summed E-state index contributed by atoms with van der Waals surface area (Å²) in [7, 11) is 0. The largest absolute Gasteiger partial charge is 0.466 e. The molecule has 0 aliphatic rings. The summed E-state index contributed by atoms with van der Waals surface area (Å²) in [5.74, 6) is 0.891. The van der Waals surface area contributed by atoms with Gasteiger partial charge in [-0.25, -0.2) is 0 Å². The molecule has 0 saturated heterocycles. The summed E-state index contributed by atoms with van der Waals surface area (Å²) in [6.45, 7) is 8.64. The van der Waals surface area contributed by atoms with Crippen LogP contribution in [0.3, 0.4) is 0 Å². The van der Waals surface area contributed by atoms with Gasteiger partial charge in [-0.15, -0.1) is 0 Å². The van der Waals surface area contributed by atoms with Crippen LogP contribution in [0.4, 0.5) is 0 Å². The van der Waals surface area contributed by atoms with Crippen molar-refractivity contribution in [3.8, 4) is 0 Å². The molecule has 100 valence electrons. The second-order valence-corrected chi connectivity index (χ2v) is 4.78. The van der Waals surface area contributed by atoms with Crippen LogP contribution >= 0.6 is 0 Å². The highest BCUT2D eigenvalue weighted by molar-refractivity contribution is 6.01. The molecule has 1 rings (SSSR count). The van der Waals surface area contributed by atoms with Crippen LogP contribution in [0.15, 0.2) is 9.57 Å². The number of rotatable bonds is 3. The number of carbonyl (C=O) groups is 1. The van der Waals surface area contributed by atoms with Crippen molar-refractivity contribution in [2.75, 3.05) is 0 Å². The summed E-state index contributed by atoms with van der Waals surface area (Å²) in [4.78, 5) is 12.2. The van der Waals surface area contributed by atoms with E-state index in [2.05, 4.69) is 10.5 Å². The van der Waals surface area contributed by atoms with E-state index in [0.29, 0.717) is 17.1 Å². The quantitative estimate of drug-likeness (QED) is 0.328. The highest BCUT2D eigenvalue weighted by atomic mass is 16.4. The van der Waals surface area contributed by atoms with Crippen LogP contribution in [-0.4, -0.2) is 22.5 Å². The molecule has 1 aromatic rings. The second kappa shape index (κ2) is 4.72. The van der Waals surface area contributed by atoms with E-state index in [1.807, 2.05) is 6.92 Å². The van der Waals surface area contributed by atoms with E-state index in [-0.39, 0.29) is 11.7 Å². The average molecular weight is 253 g/mol. The predicted molar refractivity (Wildman–Crippen MR) is 67.9 cm³/mol. The van der Waals surface area contributed by atoms with Gasteiger partial charge in [-0.3, -0.25) is 4.79 Å². The maximum absolute atomic E-state index is 12.2. The Morgan fingerprint density at radius 2 is 1.89 bits per heavy atom. The first-order valence-corrected chi connectivity index (χ1v) is 5.57. The number of amides is 1. The van der Waals surface area contributed by atoms with Gasteiger partial charge in [-0.05, 0) is 34.6 Å². The summed E-state index contributed by atoms with van der Waals surface area (Å²) >= 11 is 0. The predicted octanol–water partition coefficient (Wildman–Crippen LogP) is 1.46. The van der Waals surface area contributed by atoms with Crippen LogP contribution in [0, 0.1) is 20.8 Å². The Balaban J connectivity index is 3.03. The van der Waals surface area contributed by atoms with Crippen molar-refractivity contribution in [2.24, 2.45) is 10.9 Å². The minimum atomic E-state index is -0.935. The molecule has 0 unspecified atom stereocenters. The first-order chi connectivity index (χ1) is 8.20. The molecule has 6 nitrogen and oxygen atoms in total. The van der Waals surface area contributed by atoms with Crippen molar-refractivity contribution in [1.29, 1.82) is 0 Å². The lowest BCUT2D eigenvalue weighted by molar-refractivity contribution is 0.0929. The fourth-order valence-corrected chi connectivity index (χ4v) is 1.66. The van der Waals surface area contributed by atoms with E-state index in [0.717, 1.165) is 5.56 Å². The van der Waals surface area contributed by atoms with Gasteiger partial charge in [0, 0.05) is 5.56 Å². The molecule has 1 aromatic heterocycles. The van der Waals surface area contributed by atoms with Gasteiger partial charge in [0.25, 0.3) is 5.91 Å². The van der Waals surface area contributed by atoms with Gasteiger partial charge < -0.3 is 20.7 Å². The van der Waals surface area contributed by atoms with Gasteiger partial charge in [-0.1, -0.05) is 5.16 Å². The molecular weight excluding hydrogens is 234 g/mol. The van der Waals surface area contributed by atoms with Crippen LogP contribution in [0.2, 0.25) is 0 Å². The molecule has 0 bridgehead atoms. The van der Waals surface area contributed by atoms with Gasteiger partial charge in [0.1, 0.15) is 11.5 Å². The molecule has 18 heavy (non-hydrogen) atoms. The molecule has 0 aromatic carbocycles. The van der Waals surface area contributed by atoms with E-state index >= 15 is 0 Å². The molecule has 4 N–H and O–H groups in total. The van der Waals surface area contributed by atoms with Crippen LogP contribution in [0.1, 0.15) is 41.3 Å². The zero-order valence-electron chi connectivity index (χ0n) is 11.3. The summed E-state index contributed by atoms with van der Waals surface area (Å²) in [5.41, 5.74) is 5.87. The molecule has 1 amide bonds. The van der Waals surface area contributed by atoms with Gasteiger partial charge in [-0.2, -0.15) is 0 Å². The summed E-state index contributed by atoms with van der Waals surface area (Å²) in [6.07, 6.45) is 0. The summed E-state index contributed by atoms with van der Waals surface area (Å²) < 4.78 is 5.40. The first-order valence-electron chi connectivity index (χ1n) is 5.57. The van der Waals surface area contributed by atoms with E-state index in [4.69, 9.17) is 15.4 Å². The number of aryl methyl sites for hydroxylation is 2. The molecule has 0 radical (unpaired) electrons. The Labute approximate surface area is 106 Å². The number of nitrogens with one attached hydrogen (secondary N) is 1. The minimum absolute atomic E-state index is 0.0635. The average Bonchev–Trinajstić information content (AvgIpc) is 2.51. The van der Waals surface area contributed by atoms with Gasteiger partial charge in [0.15, 0.2) is 5.84 Å². The highest BCUT2D eigenvalue weighted by Crippen LogP contribution is 2.21. The third-order valence-corrected chi connectivity index (χ3v) is 2.96. The van der Waals surface area contributed by atoms with E-state index in [1.165, 1.54) is 0 Å². The number of furan rings is 1. The maximum Gasteiger partial charge on any atom is 0.255 e. The van der Waals surface area contributed by atoms with E-state index < -0.39 is 5.54 Å². The number of amidine groups is 1. The molecule has 0 atom stereocenters. The summed E-state index contributed by atoms with van der Waals surface area (Å²) in [6, 6.07) is 0. The zero-order chi connectivity index (χ0) is 14.1. The van der Waals surface area contributed by atoms with Crippen molar-refractivity contribution in [3.05, 3.63) is 22.6 Å². The van der Waals surface area contributed by atoms with Gasteiger partial charge >= 0.3 is 0 Å². The minimum Gasteiger partial charge on any atom is -0.466 e. The van der Waals surface area contributed by atoms with Crippen LogP contribution in [0.5, 0.6) is 0 Å². The SMILES string of the molecule is Cc1oc(C)c(C(=O)NC(C)(C)C(N)=NO)c1C. The molecule has 0 saturated carbocycles. The Bertz CT molecular complexity index is 501. The topological polar surface area (TPSA) is 101 Å². The normalized spacial score (nSPS) is 12.6. The van der Waals surface area contributed by atoms with Crippen molar-refractivity contribution in [3.63, 3.8) is 0 Å². The third-order valence-electron chi connectivity index (χ3n) is 2.96. The lowest BCUT2D eigenvalue weighted by Crippen LogP contribution is -2.53. The second-order valence-electron chi connectivity index (χ2n) is 4.78. The first kappa shape index (κ1) is 14.1.